The van der Waals surface area contributed by atoms with Gasteiger partial charge in [0.25, 0.3) is 5.91 Å². The van der Waals surface area contributed by atoms with Gasteiger partial charge in [-0.15, -0.1) is 0 Å². The van der Waals surface area contributed by atoms with Crippen LogP contribution in [0.4, 0.5) is 10.1 Å². The van der Waals surface area contributed by atoms with Gasteiger partial charge in [-0.1, -0.05) is 12.8 Å². The fraction of sp³-hybridized carbons (Fsp3) is 0.500. The monoisotopic (exact) mass is 344 g/mol. The Balaban J connectivity index is 1.98. The van der Waals surface area contributed by atoms with Crippen LogP contribution in [0.1, 0.15) is 32.6 Å². The molecule has 1 unspecified atom stereocenters. The molecule has 4 nitrogen and oxygen atoms in total. The van der Waals surface area contributed by atoms with Crippen LogP contribution >= 0.6 is 15.9 Å². The predicted octanol–water partition coefficient (Wildman–Crippen LogP) is 3.00. The Morgan fingerprint density at radius 2 is 2.15 bits per heavy atom. The van der Waals surface area contributed by atoms with Crippen molar-refractivity contribution in [3.8, 4) is 5.75 Å². The zero-order valence-electron chi connectivity index (χ0n) is 11.3. The maximum Gasteiger partial charge on any atom is 0.260 e. The van der Waals surface area contributed by atoms with Crippen LogP contribution in [0.25, 0.3) is 0 Å². The van der Waals surface area contributed by atoms with E-state index in [9.17, 15) is 9.18 Å². The van der Waals surface area contributed by atoms with E-state index in [2.05, 4.69) is 21.2 Å². The first-order valence-corrected chi connectivity index (χ1v) is 7.48. The number of hydrogen-bond donors (Lipinski definition) is 2. The summed E-state index contributed by atoms with van der Waals surface area (Å²) in [4.78, 5) is 12.0. The molecule has 110 valence electrons. The normalized spacial score (nSPS) is 16.9. The summed E-state index contributed by atoms with van der Waals surface area (Å²) in [5.41, 5.74) is 6.04. The van der Waals surface area contributed by atoms with E-state index in [0.717, 1.165) is 25.7 Å². The largest absolute Gasteiger partial charge is 0.479 e. The Morgan fingerprint density at radius 1 is 1.50 bits per heavy atom. The zero-order chi connectivity index (χ0) is 14.7. The zero-order valence-corrected chi connectivity index (χ0v) is 12.9. The molecule has 0 aromatic heterocycles. The average molecular weight is 345 g/mol. The van der Waals surface area contributed by atoms with Crippen molar-refractivity contribution in [3.05, 3.63) is 22.4 Å². The van der Waals surface area contributed by atoms with Gasteiger partial charge in [-0.2, -0.15) is 0 Å². The first-order chi connectivity index (χ1) is 9.47. The van der Waals surface area contributed by atoms with Gasteiger partial charge in [0.2, 0.25) is 0 Å². The van der Waals surface area contributed by atoms with Crippen molar-refractivity contribution in [2.24, 2.45) is 0 Å². The third-order valence-corrected chi connectivity index (χ3v) is 4.03. The Bertz CT molecular complexity index is 504. The molecule has 1 aliphatic carbocycles. The second kappa shape index (κ2) is 6.43. The minimum Gasteiger partial charge on any atom is -0.479 e. The summed E-state index contributed by atoms with van der Waals surface area (Å²) in [5.74, 6) is -0.489. The highest BCUT2D eigenvalue weighted by Crippen LogP contribution is 2.29. The van der Waals surface area contributed by atoms with E-state index >= 15 is 0 Å². The van der Waals surface area contributed by atoms with E-state index in [0.29, 0.717) is 5.69 Å². The van der Waals surface area contributed by atoms with Crippen LogP contribution in [-0.2, 0) is 4.79 Å². The number of rotatable bonds is 4. The van der Waals surface area contributed by atoms with Crippen molar-refractivity contribution >= 4 is 27.5 Å². The number of benzene rings is 1. The number of nitrogens with two attached hydrogens (primary N) is 1. The Kier molecular flexibility index (Phi) is 4.86. The van der Waals surface area contributed by atoms with Crippen LogP contribution in [0, 0.1) is 5.82 Å². The first kappa shape index (κ1) is 15.1. The van der Waals surface area contributed by atoms with Gasteiger partial charge < -0.3 is 15.8 Å². The summed E-state index contributed by atoms with van der Waals surface area (Å²) >= 11 is 3.04. The Labute approximate surface area is 126 Å². The molecule has 0 bridgehead atoms. The van der Waals surface area contributed by atoms with E-state index in [1.54, 1.807) is 6.92 Å². The molecule has 20 heavy (non-hydrogen) atoms. The molecule has 0 saturated heterocycles. The molecule has 1 atom stereocenters. The molecule has 3 N–H and O–H groups in total. The molecular weight excluding hydrogens is 327 g/mol. The molecule has 6 heteroatoms. The summed E-state index contributed by atoms with van der Waals surface area (Å²) < 4.78 is 19.2. The molecule has 0 radical (unpaired) electrons. The molecule has 0 aliphatic heterocycles. The quantitative estimate of drug-likeness (QED) is 0.825. The van der Waals surface area contributed by atoms with Gasteiger partial charge >= 0.3 is 0 Å². The fourth-order valence-corrected chi connectivity index (χ4v) is 2.64. The van der Waals surface area contributed by atoms with Crippen molar-refractivity contribution in [2.45, 2.75) is 44.8 Å². The molecular formula is C14H18BrFN2O2. The molecule has 1 aromatic rings. The summed E-state index contributed by atoms with van der Waals surface area (Å²) in [6.45, 7) is 1.63. The van der Waals surface area contributed by atoms with E-state index in [4.69, 9.17) is 10.5 Å². The van der Waals surface area contributed by atoms with Gasteiger partial charge in [0.05, 0.1) is 10.2 Å². The Hall–Kier alpha value is -1.30. The Morgan fingerprint density at radius 3 is 2.80 bits per heavy atom. The van der Waals surface area contributed by atoms with Crippen LogP contribution < -0.4 is 15.8 Å². The highest BCUT2D eigenvalue weighted by molar-refractivity contribution is 9.10. The lowest BCUT2D eigenvalue weighted by atomic mass is 10.2. The lowest BCUT2D eigenvalue weighted by molar-refractivity contribution is -0.127. The topological polar surface area (TPSA) is 64.3 Å². The van der Waals surface area contributed by atoms with Gasteiger partial charge in [0, 0.05) is 12.1 Å². The molecule has 1 saturated carbocycles. The minimum absolute atomic E-state index is 0.180. The number of halogens is 2. The number of carbonyl (C=O) groups excluding carboxylic acids is 1. The van der Waals surface area contributed by atoms with Crippen molar-refractivity contribution in [3.63, 3.8) is 0 Å². The van der Waals surface area contributed by atoms with Crippen molar-refractivity contribution in [2.75, 3.05) is 5.73 Å². The minimum atomic E-state index is -0.710. The third-order valence-electron chi connectivity index (χ3n) is 3.43. The summed E-state index contributed by atoms with van der Waals surface area (Å²) in [7, 11) is 0. The first-order valence-electron chi connectivity index (χ1n) is 6.69. The van der Waals surface area contributed by atoms with Crippen LogP contribution in [-0.4, -0.2) is 18.1 Å². The molecule has 1 amide bonds. The number of carbonyl (C=O) groups is 1. The lowest BCUT2D eigenvalue weighted by Gasteiger charge is -2.19. The number of amides is 1. The second-order valence-corrected chi connectivity index (χ2v) is 5.91. The molecule has 1 aromatic carbocycles. The smallest absolute Gasteiger partial charge is 0.260 e. The number of hydrogen-bond acceptors (Lipinski definition) is 3. The second-order valence-electron chi connectivity index (χ2n) is 5.05. The third kappa shape index (κ3) is 3.62. The molecule has 1 aliphatic rings. The highest BCUT2D eigenvalue weighted by Gasteiger charge is 2.22. The standard InChI is InChI=1S/C14H18BrFN2O2/c1-8(14(19)18-9-4-2-3-5-9)20-13-7-11(16)10(15)6-12(13)17/h6-9H,2-5,17H2,1H3,(H,18,19). The molecule has 0 heterocycles. The van der Waals surface area contributed by atoms with E-state index in [1.807, 2.05) is 0 Å². The van der Waals surface area contributed by atoms with Crippen LogP contribution in [0.15, 0.2) is 16.6 Å². The molecule has 0 spiro atoms. The molecule has 2 rings (SSSR count). The highest BCUT2D eigenvalue weighted by atomic mass is 79.9. The fourth-order valence-electron chi connectivity index (χ4n) is 2.28. The van der Waals surface area contributed by atoms with Gasteiger partial charge in [-0.25, -0.2) is 4.39 Å². The van der Waals surface area contributed by atoms with E-state index in [1.165, 1.54) is 12.1 Å². The molecule has 1 fully saturated rings. The number of nitrogens with one attached hydrogen (secondary N) is 1. The van der Waals surface area contributed by atoms with Gasteiger partial charge in [0.15, 0.2) is 6.10 Å². The van der Waals surface area contributed by atoms with Crippen molar-refractivity contribution < 1.29 is 13.9 Å². The lowest BCUT2D eigenvalue weighted by Crippen LogP contribution is -2.41. The van der Waals surface area contributed by atoms with Crippen molar-refractivity contribution in [1.29, 1.82) is 0 Å². The maximum absolute atomic E-state index is 13.5. The number of anilines is 1. The summed E-state index contributed by atoms with van der Waals surface area (Å²) in [5, 5.41) is 2.94. The number of ether oxygens (including phenoxy) is 1. The van der Waals surface area contributed by atoms with Crippen LogP contribution in [0.2, 0.25) is 0 Å². The summed E-state index contributed by atoms with van der Waals surface area (Å²) in [6.07, 6.45) is 3.59. The van der Waals surface area contributed by atoms with Crippen molar-refractivity contribution in [1.82, 2.24) is 5.32 Å². The SMILES string of the molecule is CC(Oc1cc(F)c(Br)cc1N)C(=O)NC1CCCC1. The van der Waals surface area contributed by atoms with E-state index < -0.39 is 11.9 Å². The van der Waals surface area contributed by atoms with Gasteiger partial charge in [-0.05, 0) is 41.8 Å². The van der Waals surface area contributed by atoms with Crippen LogP contribution in [0.3, 0.4) is 0 Å². The van der Waals surface area contributed by atoms with Crippen LogP contribution in [0.5, 0.6) is 5.75 Å². The van der Waals surface area contributed by atoms with Gasteiger partial charge in [0.1, 0.15) is 11.6 Å². The average Bonchev–Trinajstić information content (AvgIpc) is 2.88. The van der Waals surface area contributed by atoms with E-state index in [-0.39, 0.29) is 22.2 Å². The van der Waals surface area contributed by atoms with Gasteiger partial charge in [-0.3, -0.25) is 4.79 Å². The predicted molar refractivity (Wildman–Crippen MR) is 79.0 cm³/mol. The summed E-state index contributed by atoms with van der Waals surface area (Å²) in [6, 6.07) is 2.83. The number of nitrogen functional groups attached to an aromatic ring is 1. The maximum atomic E-state index is 13.5.